The van der Waals surface area contributed by atoms with E-state index in [1.165, 1.54) is 0 Å². The van der Waals surface area contributed by atoms with Gasteiger partial charge in [-0.1, -0.05) is 13.8 Å². The Labute approximate surface area is 156 Å². The number of hydrogen-bond acceptors (Lipinski definition) is 2. The number of aromatic carboxylic acids is 1. The fourth-order valence-electron chi connectivity index (χ4n) is 1.80. The molecule has 1 rings (SSSR count). The molecule has 0 aromatic heterocycles. The van der Waals surface area contributed by atoms with Gasteiger partial charge in [0.05, 0.1) is 11.1 Å². The molecule has 1 aromatic rings. The highest BCUT2D eigenvalue weighted by atomic mass is 79.9. The van der Waals surface area contributed by atoms with E-state index in [-0.39, 0.29) is 17.2 Å². The minimum atomic E-state index is -1.18. The van der Waals surface area contributed by atoms with Crippen molar-refractivity contribution < 1.29 is 14.7 Å². The zero-order chi connectivity index (χ0) is 16.3. The third-order valence-corrected chi connectivity index (χ3v) is 7.80. The minimum absolute atomic E-state index is 0.00671. The molecule has 0 fully saturated rings. The summed E-state index contributed by atoms with van der Waals surface area (Å²) in [5.74, 6) is -1.59. The molecule has 0 radical (unpaired) electrons. The highest BCUT2D eigenvalue weighted by Crippen LogP contribution is 2.42. The monoisotopic (exact) mass is 547 g/mol. The summed E-state index contributed by atoms with van der Waals surface area (Å²) in [6.07, 6.45) is 1.56. The van der Waals surface area contributed by atoms with E-state index >= 15 is 0 Å². The van der Waals surface area contributed by atoms with Gasteiger partial charge in [-0.3, -0.25) is 4.79 Å². The Hall–Kier alpha value is 0.0800. The lowest BCUT2D eigenvalue weighted by Crippen LogP contribution is -2.35. The van der Waals surface area contributed by atoms with Crippen LogP contribution in [0.25, 0.3) is 0 Å². The van der Waals surface area contributed by atoms with Crippen LogP contribution in [0.1, 0.15) is 47.4 Å². The summed E-state index contributed by atoms with van der Waals surface area (Å²) in [4.78, 5) is 24.0. The van der Waals surface area contributed by atoms with Gasteiger partial charge in [0.2, 0.25) is 0 Å². The molecule has 116 valence electrons. The molecule has 1 amide bonds. The molecule has 4 nitrogen and oxygen atoms in total. The van der Waals surface area contributed by atoms with Crippen LogP contribution in [0.2, 0.25) is 0 Å². The molecule has 0 spiro atoms. The van der Waals surface area contributed by atoms with Crippen LogP contribution >= 0.6 is 63.7 Å². The van der Waals surface area contributed by atoms with Crippen molar-refractivity contribution in [1.29, 1.82) is 0 Å². The van der Waals surface area contributed by atoms with Gasteiger partial charge in [0, 0.05) is 23.9 Å². The summed E-state index contributed by atoms with van der Waals surface area (Å²) in [5, 5.41) is 12.3. The number of halogens is 4. The predicted octanol–water partition coefficient (Wildman–Crippen LogP) is 5.35. The van der Waals surface area contributed by atoms with E-state index < -0.39 is 11.9 Å². The van der Waals surface area contributed by atoms with E-state index in [1.807, 2.05) is 13.8 Å². The first kappa shape index (κ1) is 19.1. The molecule has 0 atom stereocenters. The number of benzene rings is 1. The van der Waals surface area contributed by atoms with Gasteiger partial charge in [-0.25, -0.2) is 4.79 Å². The molecule has 0 saturated carbocycles. The average molecular weight is 551 g/mol. The lowest BCUT2D eigenvalue weighted by atomic mass is 10.1. The molecule has 0 unspecified atom stereocenters. The van der Waals surface area contributed by atoms with Crippen LogP contribution in [0, 0.1) is 0 Å². The second kappa shape index (κ2) is 8.08. The van der Waals surface area contributed by atoms with E-state index in [0.29, 0.717) is 17.9 Å². The van der Waals surface area contributed by atoms with E-state index in [0.717, 1.165) is 12.8 Å². The maximum Gasteiger partial charge on any atom is 0.337 e. The molecule has 0 bridgehead atoms. The van der Waals surface area contributed by atoms with Crippen LogP contribution in [-0.2, 0) is 0 Å². The summed E-state index contributed by atoms with van der Waals surface area (Å²) >= 11 is 13.2. The maximum atomic E-state index is 12.5. The van der Waals surface area contributed by atoms with Crippen LogP contribution in [0.15, 0.2) is 17.9 Å². The highest BCUT2D eigenvalue weighted by Gasteiger charge is 2.28. The molecule has 21 heavy (non-hydrogen) atoms. The van der Waals surface area contributed by atoms with Gasteiger partial charge in [0.1, 0.15) is 0 Å². The molecule has 0 heterocycles. The van der Waals surface area contributed by atoms with Gasteiger partial charge in [0.25, 0.3) is 5.91 Å². The quantitative estimate of drug-likeness (QED) is 0.384. The number of hydrogen-bond donors (Lipinski definition) is 2. The van der Waals surface area contributed by atoms with Gasteiger partial charge in [-0.15, -0.1) is 0 Å². The van der Waals surface area contributed by atoms with Crippen molar-refractivity contribution in [3.05, 3.63) is 29.0 Å². The second-order valence-corrected chi connectivity index (χ2v) is 7.47. The summed E-state index contributed by atoms with van der Waals surface area (Å²) in [6, 6.07) is 0.00671. The summed E-state index contributed by atoms with van der Waals surface area (Å²) in [5.41, 5.74) is 0.0109. The molecule has 8 heteroatoms. The number of amides is 1. The fourth-order valence-corrected chi connectivity index (χ4v) is 4.26. The molecular formula is C13H13Br4NO3. The normalized spacial score (nSPS) is 10.8. The van der Waals surface area contributed by atoms with Crippen LogP contribution in [-0.4, -0.2) is 23.0 Å². The van der Waals surface area contributed by atoms with Crippen molar-refractivity contribution in [2.45, 2.75) is 32.7 Å². The number of carboxylic acids is 1. The number of carbonyl (C=O) groups is 2. The Bertz CT molecular complexity index is 586. The minimum Gasteiger partial charge on any atom is -0.478 e. The van der Waals surface area contributed by atoms with Crippen LogP contribution in [0.3, 0.4) is 0 Å². The van der Waals surface area contributed by atoms with Gasteiger partial charge in [-0.2, -0.15) is 0 Å². The highest BCUT2D eigenvalue weighted by molar-refractivity contribution is 9.15. The Morgan fingerprint density at radius 1 is 0.952 bits per heavy atom. The standard InChI is InChI=1S/C13H13Br4NO3/c1-3-5(4-2)18-12(19)6-7(13(20)21)9(15)11(17)10(16)8(6)14/h5H,3-4H2,1-2H3,(H,18,19)(H,20,21). The van der Waals surface area contributed by atoms with Crippen LogP contribution in [0.5, 0.6) is 0 Å². The molecule has 0 aliphatic carbocycles. The first-order valence-corrected chi connectivity index (χ1v) is 9.33. The van der Waals surface area contributed by atoms with Crippen molar-refractivity contribution in [2.75, 3.05) is 0 Å². The maximum absolute atomic E-state index is 12.5. The number of carboxylic acid groups (broad SMARTS) is 1. The van der Waals surface area contributed by atoms with Gasteiger partial charge >= 0.3 is 5.97 Å². The smallest absolute Gasteiger partial charge is 0.337 e. The zero-order valence-corrected chi connectivity index (χ0v) is 17.6. The first-order chi connectivity index (χ1) is 9.76. The summed E-state index contributed by atoms with van der Waals surface area (Å²) < 4.78 is 1.83. The van der Waals surface area contributed by atoms with E-state index in [2.05, 4.69) is 69.0 Å². The predicted molar refractivity (Wildman–Crippen MR) is 96.0 cm³/mol. The van der Waals surface area contributed by atoms with Crippen molar-refractivity contribution in [3.8, 4) is 0 Å². The van der Waals surface area contributed by atoms with Crippen molar-refractivity contribution in [3.63, 3.8) is 0 Å². The van der Waals surface area contributed by atoms with E-state index in [1.54, 1.807) is 0 Å². The Morgan fingerprint density at radius 3 is 1.76 bits per heavy atom. The zero-order valence-electron chi connectivity index (χ0n) is 11.3. The number of carbonyl (C=O) groups excluding carboxylic acids is 1. The third kappa shape index (κ3) is 4.09. The Kier molecular flexibility index (Phi) is 7.36. The lowest BCUT2D eigenvalue weighted by Gasteiger charge is -2.18. The summed E-state index contributed by atoms with van der Waals surface area (Å²) in [6.45, 7) is 3.93. The van der Waals surface area contributed by atoms with Gasteiger partial charge in [0.15, 0.2) is 0 Å². The Morgan fingerprint density at radius 2 is 1.38 bits per heavy atom. The molecule has 1 aromatic carbocycles. The lowest BCUT2D eigenvalue weighted by molar-refractivity contribution is 0.0689. The number of rotatable bonds is 5. The van der Waals surface area contributed by atoms with Crippen molar-refractivity contribution in [1.82, 2.24) is 5.32 Å². The van der Waals surface area contributed by atoms with E-state index in [9.17, 15) is 14.7 Å². The largest absolute Gasteiger partial charge is 0.478 e. The SMILES string of the molecule is CCC(CC)NC(=O)c1c(Br)c(Br)c(Br)c(Br)c1C(=O)O. The van der Waals surface area contributed by atoms with Crippen molar-refractivity contribution in [2.24, 2.45) is 0 Å². The molecule has 0 saturated heterocycles. The summed E-state index contributed by atoms with van der Waals surface area (Å²) in [7, 11) is 0. The topological polar surface area (TPSA) is 66.4 Å². The molecule has 0 aliphatic heterocycles. The third-order valence-electron chi connectivity index (χ3n) is 3.03. The number of nitrogens with one attached hydrogen (secondary N) is 1. The van der Waals surface area contributed by atoms with Gasteiger partial charge in [-0.05, 0) is 76.6 Å². The Balaban J connectivity index is 3.47. The van der Waals surface area contributed by atoms with E-state index in [4.69, 9.17) is 0 Å². The van der Waals surface area contributed by atoms with Gasteiger partial charge < -0.3 is 10.4 Å². The molecule has 2 N–H and O–H groups in total. The fraction of sp³-hybridized carbons (Fsp3) is 0.385. The van der Waals surface area contributed by atoms with Crippen LogP contribution in [0.4, 0.5) is 0 Å². The second-order valence-electron chi connectivity index (χ2n) is 4.30. The first-order valence-electron chi connectivity index (χ1n) is 6.16. The van der Waals surface area contributed by atoms with Crippen LogP contribution < -0.4 is 5.32 Å². The molecular weight excluding hydrogens is 538 g/mol. The van der Waals surface area contributed by atoms with Crippen molar-refractivity contribution >= 4 is 75.6 Å². The average Bonchev–Trinajstić information content (AvgIpc) is 2.45. The molecule has 0 aliphatic rings.